The third-order valence-electron chi connectivity index (χ3n) is 5.01. The maximum atomic E-state index is 12.2. The van der Waals surface area contributed by atoms with Crippen molar-refractivity contribution in [2.75, 3.05) is 36.4 Å². The summed E-state index contributed by atoms with van der Waals surface area (Å²) in [7, 11) is 0. The van der Waals surface area contributed by atoms with Crippen LogP contribution in [-0.2, 0) is 6.54 Å². The number of nitrogens with one attached hydrogen (secondary N) is 1. The second-order valence-electron chi connectivity index (χ2n) is 6.96. The van der Waals surface area contributed by atoms with Gasteiger partial charge in [-0.1, -0.05) is 29.8 Å². The SMILES string of the molecule is O=C(Nc1ccc(N2CCN(Cc3ccccc3Cl)CC2)cc1)c1ccc(Br)o1. The predicted octanol–water partition coefficient (Wildman–Crippen LogP) is 5.27. The Morgan fingerprint density at radius 2 is 1.72 bits per heavy atom. The number of hydrogen-bond donors (Lipinski definition) is 1. The average molecular weight is 475 g/mol. The summed E-state index contributed by atoms with van der Waals surface area (Å²) in [5, 5.41) is 3.68. The van der Waals surface area contributed by atoms with Crippen molar-refractivity contribution in [1.29, 1.82) is 0 Å². The van der Waals surface area contributed by atoms with Gasteiger partial charge in [-0.15, -0.1) is 0 Å². The van der Waals surface area contributed by atoms with Crippen molar-refractivity contribution in [3.05, 3.63) is 81.7 Å². The monoisotopic (exact) mass is 473 g/mol. The van der Waals surface area contributed by atoms with Crippen LogP contribution in [0, 0.1) is 0 Å². The molecule has 0 spiro atoms. The maximum Gasteiger partial charge on any atom is 0.291 e. The van der Waals surface area contributed by atoms with Gasteiger partial charge in [0.15, 0.2) is 10.4 Å². The lowest BCUT2D eigenvalue weighted by molar-refractivity contribution is 0.0995. The van der Waals surface area contributed by atoms with Gasteiger partial charge in [0.1, 0.15) is 0 Å². The predicted molar refractivity (Wildman–Crippen MR) is 120 cm³/mol. The fourth-order valence-corrected chi connectivity index (χ4v) is 3.92. The Morgan fingerprint density at radius 1 is 1.00 bits per heavy atom. The molecule has 1 saturated heterocycles. The number of hydrogen-bond acceptors (Lipinski definition) is 4. The highest BCUT2D eigenvalue weighted by molar-refractivity contribution is 9.10. The Labute approximate surface area is 183 Å². The molecule has 0 radical (unpaired) electrons. The van der Waals surface area contributed by atoms with Crippen LogP contribution in [0.15, 0.2) is 69.8 Å². The molecule has 3 aromatic rings. The summed E-state index contributed by atoms with van der Waals surface area (Å²) < 4.78 is 5.81. The van der Waals surface area contributed by atoms with Gasteiger partial charge >= 0.3 is 0 Å². The van der Waals surface area contributed by atoms with Gasteiger partial charge in [0.2, 0.25) is 0 Å². The molecule has 0 saturated carbocycles. The standard InChI is InChI=1S/C22H21BrClN3O2/c23-21-10-9-20(29-21)22(28)25-17-5-7-18(8-6-17)27-13-11-26(12-14-27)15-16-3-1-2-4-19(16)24/h1-10H,11-15H2,(H,25,28). The zero-order valence-electron chi connectivity index (χ0n) is 15.8. The fourth-order valence-electron chi connectivity index (χ4n) is 3.42. The minimum atomic E-state index is -0.267. The average Bonchev–Trinajstić information content (AvgIpc) is 3.17. The van der Waals surface area contributed by atoms with Crippen LogP contribution < -0.4 is 10.2 Å². The summed E-state index contributed by atoms with van der Waals surface area (Å²) in [6.07, 6.45) is 0. The Morgan fingerprint density at radius 3 is 2.38 bits per heavy atom. The molecule has 29 heavy (non-hydrogen) atoms. The quantitative estimate of drug-likeness (QED) is 0.547. The molecule has 2 heterocycles. The molecule has 0 bridgehead atoms. The maximum absolute atomic E-state index is 12.2. The molecule has 1 N–H and O–H groups in total. The topological polar surface area (TPSA) is 48.7 Å². The van der Waals surface area contributed by atoms with Gasteiger partial charge in [0.05, 0.1) is 0 Å². The van der Waals surface area contributed by atoms with E-state index in [2.05, 4.69) is 37.1 Å². The summed E-state index contributed by atoms with van der Waals surface area (Å²) in [5.41, 5.74) is 3.07. The van der Waals surface area contributed by atoms with Gasteiger partial charge in [0, 0.05) is 49.1 Å². The van der Waals surface area contributed by atoms with E-state index in [0.29, 0.717) is 4.67 Å². The van der Waals surface area contributed by atoms with Crippen molar-refractivity contribution in [3.8, 4) is 0 Å². The molecule has 1 amide bonds. The van der Waals surface area contributed by atoms with E-state index < -0.39 is 0 Å². The summed E-state index contributed by atoms with van der Waals surface area (Å²) in [5.74, 6) is 0.00669. The molecule has 4 rings (SSSR count). The summed E-state index contributed by atoms with van der Waals surface area (Å²) >= 11 is 9.49. The number of carbonyl (C=O) groups is 1. The van der Waals surface area contributed by atoms with Crippen molar-refractivity contribution >= 4 is 44.8 Å². The van der Waals surface area contributed by atoms with E-state index in [9.17, 15) is 4.79 Å². The lowest BCUT2D eigenvalue weighted by Gasteiger charge is -2.36. The summed E-state index contributed by atoms with van der Waals surface area (Å²) in [4.78, 5) is 17.0. The van der Waals surface area contributed by atoms with Gasteiger partial charge in [-0.25, -0.2) is 0 Å². The number of piperazine rings is 1. The zero-order chi connectivity index (χ0) is 20.2. The van der Waals surface area contributed by atoms with Gasteiger partial charge in [-0.2, -0.15) is 0 Å². The fraction of sp³-hybridized carbons (Fsp3) is 0.227. The Bertz CT molecular complexity index is 982. The molecule has 150 valence electrons. The van der Waals surface area contributed by atoms with E-state index >= 15 is 0 Å². The third kappa shape index (κ3) is 5.01. The van der Waals surface area contributed by atoms with Crippen molar-refractivity contribution < 1.29 is 9.21 Å². The molecule has 0 unspecified atom stereocenters. The minimum absolute atomic E-state index is 0.267. The molecular formula is C22H21BrClN3O2. The second kappa shape index (κ2) is 9.03. The van der Waals surface area contributed by atoms with Crippen LogP contribution in [0.1, 0.15) is 16.1 Å². The van der Waals surface area contributed by atoms with Crippen LogP contribution in [0.4, 0.5) is 11.4 Å². The summed E-state index contributed by atoms with van der Waals surface area (Å²) in [6.45, 7) is 4.75. The zero-order valence-corrected chi connectivity index (χ0v) is 18.1. The number of halogens is 2. The van der Waals surface area contributed by atoms with Gasteiger partial charge in [-0.05, 0) is 64.0 Å². The Hall–Kier alpha value is -2.28. The van der Waals surface area contributed by atoms with Crippen LogP contribution in [0.25, 0.3) is 0 Å². The molecular weight excluding hydrogens is 454 g/mol. The Kier molecular flexibility index (Phi) is 6.23. The molecule has 1 aliphatic rings. The molecule has 0 atom stereocenters. The first kappa shape index (κ1) is 20.0. The van der Waals surface area contributed by atoms with Gasteiger partial charge < -0.3 is 14.6 Å². The highest BCUT2D eigenvalue weighted by Gasteiger charge is 2.18. The Balaban J connectivity index is 1.31. The first-order valence-electron chi connectivity index (χ1n) is 9.46. The smallest absolute Gasteiger partial charge is 0.291 e. The first-order chi connectivity index (χ1) is 14.1. The number of rotatable bonds is 5. The van der Waals surface area contributed by atoms with E-state index in [0.717, 1.165) is 49.1 Å². The molecule has 7 heteroatoms. The lowest BCUT2D eigenvalue weighted by atomic mass is 10.2. The minimum Gasteiger partial charge on any atom is -0.444 e. The second-order valence-corrected chi connectivity index (χ2v) is 8.15. The van der Waals surface area contributed by atoms with Gasteiger partial charge in [0.25, 0.3) is 5.91 Å². The van der Waals surface area contributed by atoms with E-state index in [4.69, 9.17) is 16.0 Å². The van der Waals surface area contributed by atoms with Crippen LogP contribution >= 0.6 is 27.5 Å². The van der Waals surface area contributed by atoms with Crippen molar-refractivity contribution in [2.45, 2.75) is 6.54 Å². The van der Waals surface area contributed by atoms with Crippen molar-refractivity contribution in [2.24, 2.45) is 0 Å². The van der Waals surface area contributed by atoms with E-state index in [-0.39, 0.29) is 11.7 Å². The van der Waals surface area contributed by atoms with Crippen molar-refractivity contribution in [1.82, 2.24) is 4.90 Å². The third-order valence-corrected chi connectivity index (χ3v) is 5.81. The molecule has 5 nitrogen and oxygen atoms in total. The van der Waals surface area contributed by atoms with E-state index in [1.165, 1.54) is 5.56 Å². The molecule has 1 aromatic heterocycles. The number of benzene rings is 2. The normalized spacial score (nSPS) is 14.8. The van der Waals surface area contributed by atoms with Crippen LogP contribution in [0.2, 0.25) is 5.02 Å². The highest BCUT2D eigenvalue weighted by Crippen LogP contribution is 2.22. The molecule has 1 aliphatic heterocycles. The van der Waals surface area contributed by atoms with Crippen LogP contribution in [0.3, 0.4) is 0 Å². The molecule has 1 fully saturated rings. The number of carbonyl (C=O) groups excluding carboxylic acids is 1. The summed E-state index contributed by atoms with van der Waals surface area (Å²) in [6, 6.07) is 19.3. The first-order valence-corrected chi connectivity index (χ1v) is 10.6. The van der Waals surface area contributed by atoms with E-state index in [1.54, 1.807) is 12.1 Å². The van der Waals surface area contributed by atoms with Crippen LogP contribution in [-0.4, -0.2) is 37.0 Å². The number of nitrogens with zero attached hydrogens (tertiary/aromatic N) is 2. The lowest BCUT2D eigenvalue weighted by Crippen LogP contribution is -2.46. The molecule has 0 aliphatic carbocycles. The molecule has 2 aromatic carbocycles. The van der Waals surface area contributed by atoms with Crippen molar-refractivity contribution in [3.63, 3.8) is 0 Å². The number of furan rings is 1. The number of amides is 1. The largest absolute Gasteiger partial charge is 0.444 e. The highest BCUT2D eigenvalue weighted by atomic mass is 79.9. The van der Waals surface area contributed by atoms with Gasteiger partial charge in [-0.3, -0.25) is 9.69 Å². The number of anilines is 2. The van der Waals surface area contributed by atoms with E-state index in [1.807, 2.05) is 42.5 Å². The van der Waals surface area contributed by atoms with Crippen LogP contribution in [0.5, 0.6) is 0 Å².